The van der Waals surface area contributed by atoms with Gasteiger partial charge in [-0.15, -0.1) is 0 Å². The fourth-order valence-electron chi connectivity index (χ4n) is 4.49. The molecular weight excluding hydrogens is 444 g/mol. The van der Waals surface area contributed by atoms with Crippen LogP contribution in [0.3, 0.4) is 0 Å². The molecule has 3 rings (SSSR count). The van der Waals surface area contributed by atoms with Gasteiger partial charge in [0.15, 0.2) is 0 Å². The second-order valence-electron chi connectivity index (χ2n) is 8.52. The van der Waals surface area contributed by atoms with E-state index in [0.717, 1.165) is 50.6 Å². The van der Waals surface area contributed by atoms with Gasteiger partial charge in [0.2, 0.25) is 0 Å². The van der Waals surface area contributed by atoms with E-state index in [4.69, 9.17) is 4.74 Å². The van der Waals surface area contributed by atoms with Crippen molar-refractivity contribution in [1.29, 1.82) is 0 Å². The maximum Gasteiger partial charge on any atom is 0.416 e. The summed E-state index contributed by atoms with van der Waals surface area (Å²) in [5, 5.41) is 0. The summed E-state index contributed by atoms with van der Waals surface area (Å²) >= 11 is 0. The number of benzene rings is 2. The predicted molar refractivity (Wildman–Crippen MR) is 115 cm³/mol. The van der Waals surface area contributed by atoms with Gasteiger partial charge in [0.1, 0.15) is 5.75 Å². The average Bonchev–Trinajstić information content (AvgIpc) is 2.78. The fraction of sp³-hybridized carbons (Fsp3) is 0.520. The Hall–Kier alpha value is -2.22. The Morgan fingerprint density at radius 2 is 1.48 bits per heavy atom. The summed E-state index contributed by atoms with van der Waals surface area (Å²) in [6.45, 7) is 3.82. The summed E-state index contributed by atoms with van der Waals surface area (Å²) in [6.07, 6.45) is -4.85. The molecule has 0 aliphatic carbocycles. The molecule has 0 amide bonds. The first kappa shape index (κ1) is 25.4. The first-order valence-electron chi connectivity index (χ1n) is 11.3. The van der Waals surface area contributed by atoms with E-state index in [1.54, 1.807) is 6.07 Å². The van der Waals surface area contributed by atoms with E-state index in [1.165, 1.54) is 24.3 Å². The van der Waals surface area contributed by atoms with E-state index in [-0.39, 0.29) is 30.6 Å². The van der Waals surface area contributed by atoms with Gasteiger partial charge in [0.05, 0.1) is 17.7 Å². The van der Waals surface area contributed by atoms with E-state index < -0.39 is 23.5 Å². The van der Waals surface area contributed by atoms with E-state index in [2.05, 4.69) is 4.90 Å². The topological polar surface area (TPSA) is 12.5 Å². The van der Waals surface area contributed by atoms with Crippen LogP contribution >= 0.6 is 0 Å². The molecule has 1 saturated heterocycles. The SMILES string of the molecule is CCC(COc1ccc(C(F)(F)F)cc1)C(Cc1ccccc1C(F)(F)F)N1CCCCC1. The highest BCUT2D eigenvalue weighted by Crippen LogP contribution is 2.35. The molecule has 0 saturated carbocycles. The van der Waals surface area contributed by atoms with Gasteiger partial charge in [-0.3, -0.25) is 4.90 Å². The summed E-state index contributed by atoms with van der Waals surface area (Å²) in [5.74, 6) is 0.237. The van der Waals surface area contributed by atoms with Crippen molar-refractivity contribution in [3.8, 4) is 5.75 Å². The molecule has 1 fully saturated rings. The average molecular weight is 474 g/mol. The molecule has 1 aliphatic heterocycles. The van der Waals surface area contributed by atoms with Gasteiger partial charge in [0.25, 0.3) is 0 Å². The van der Waals surface area contributed by atoms with Gasteiger partial charge < -0.3 is 4.74 Å². The number of ether oxygens (including phenoxy) is 1. The molecule has 0 radical (unpaired) electrons. The number of halogens is 6. The Morgan fingerprint density at radius 3 is 2.06 bits per heavy atom. The standard InChI is InChI=1S/C25H29F6NO/c1-2-18(17-33-21-12-10-20(11-13-21)24(26,27)28)23(32-14-6-3-7-15-32)16-19-8-4-5-9-22(19)25(29,30)31/h4-5,8-13,18,23H,2-3,6-7,14-17H2,1H3. The summed E-state index contributed by atoms with van der Waals surface area (Å²) in [7, 11) is 0. The van der Waals surface area contributed by atoms with Crippen molar-refractivity contribution in [2.75, 3.05) is 19.7 Å². The number of nitrogens with zero attached hydrogens (tertiary/aromatic N) is 1. The first-order valence-corrected chi connectivity index (χ1v) is 11.3. The fourth-order valence-corrected chi connectivity index (χ4v) is 4.49. The quantitative estimate of drug-likeness (QED) is 0.375. The highest BCUT2D eigenvalue weighted by atomic mass is 19.4. The van der Waals surface area contributed by atoms with Crippen LogP contribution in [-0.4, -0.2) is 30.6 Å². The zero-order valence-electron chi connectivity index (χ0n) is 18.6. The van der Waals surface area contributed by atoms with Crippen LogP contribution in [0.2, 0.25) is 0 Å². The van der Waals surface area contributed by atoms with E-state index in [9.17, 15) is 26.3 Å². The van der Waals surface area contributed by atoms with Gasteiger partial charge in [-0.05, 0) is 74.7 Å². The normalized spacial score (nSPS) is 17.5. The monoisotopic (exact) mass is 473 g/mol. The van der Waals surface area contributed by atoms with E-state index >= 15 is 0 Å². The van der Waals surface area contributed by atoms with Gasteiger partial charge in [0, 0.05) is 12.0 Å². The second-order valence-corrected chi connectivity index (χ2v) is 8.52. The zero-order chi connectivity index (χ0) is 24.1. The smallest absolute Gasteiger partial charge is 0.416 e. The van der Waals surface area contributed by atoms with Crippen LogP contribution in [0.15, 0.2) is 48.5 Å². The minimum Gasteiger partial charge on any atom is -0.493 e. The number of alkyl halides is 6. The van der Waals surface area contributed by atoms with Crippen molar-refractivity contribution in [3.05, 3.63) is 65.2 Å². The van der Waals surface area contributed by atoms with Gasteiger partial charge in [-0.25, -0.2) is 0 Å². The molecule has 182 valence electrons. The predicted octanol–water partition coefficient (Wildman–Crippen LogP) is 7.23. The molecule has 2 aromatic rings. The van der Waals surface area contributed by atoms with Crippen LogP contribution in [0.5, 0.6) is 5.75 Å². The molecule has 33 heavy (non-hydrogen) atoms. The van der Waals surface area contributed by atoms with Crippen LogP contribution in [0, 0.1) is 5.92 Å². The molecule has 8 heteroatoms. The highest BCUT2D eigenvalue weighted by molar-refractivity contribution is 5.31. The summed E-state index contributed by atoms with van der Waals surface area (Å²) < 4.78 is 85.0. The van der Waals surface area contributed by atoms with Crippen molar-refractivity contribution in [3.63, 3.8) is 0 Å². The maximum absolute atomic E-state index is 13.6. The summed E-state index contributed by atoms with van der Waals surface area (Å²) in [4.78, 5) is 2.25. The third-order valence-corrected chi connectivity index (χ3v) is 6.33. The molecule has 1 heterocycles. The lowest BCUT2D eigenvalue weighted by molar-refractivity contribution is -0.138. The van der Waals surface area contributed by atoms with Crippen molar-refractivity contribution < 1.29 is 31.1 Å². The number of hydrogen-bond donors (Lipinski definition) is 0. The number of hydrogen-bond acceptors (Lipinski definition) is 2. The van der Waals surface area contributed by atoms with E-state index in [0.29, 0.717) is 12.2 Å². The maximum atomic E-state index is 13.6. The van der Waals surface area contributed by atoms with Crippen LogP contribution in [0.4, 0.5) is 26.3 Å². The number of rotatable bonds is 8. The van der Waals surface area contributed by atoms with Crippen molar-refractivity contribution in [2.45, 2.75) is 57.4 Å². The molecule has 2 aromatic carbocycles. The van der Waals surface area contributed by atoms with Crippen molar-refractivity contribution in [1.82, 2.24) is 4.90 Å². The lowest BCUT2D eigenvalue weighted by Gasteiger charge is -2.39. The highest BCUT2D eigenvalue weighted by Gasteiger charge is 2.36. The molecule has 0 spiro atoms. The van der Waals surface area contributed by atoms with Crippen LogP contribution < -0.4 is 4.74 Å². The Labute approximate surface area is 190 Å². The Bertz CT molecular complexity index is 872. The largest absolute Gasteiger partial charge is 0.493 e. The third-order valence-electron chi connectivity index (χ3n) is 6.33. The Morgan fingerprint density at radius 1 is 0.848 bits per heavy atom. The van der Waals surface area contributed by atoms with Gasteiger partial charge in [-0.1, -0.05) is 31.5 Å². The van der Waals surface area contributed by atoms with Crippen molar-refractivity contribution >= 4 is 0 Å². The molecular formula is C25H29F6NO. The van der Waals surface area contributed by atoms with Crippen LogP contribution in [0.1, 0.15) is 49.3 Å². The minimum atomic E-state index is -4.43. The van der Waals surface area contributed by atoms with Crippen LogP contribution in [-0.2, 0) is 18.8 Å². The third kappa shape index (κ3) is 6.88. The molecule has 0 N–H and O–H groups in total. The number of piperidine rings is 1. The second kappa shape index (κ2) is 10.8. The molecule has 2 nitrogen and oxygen atoms in total. The van der Waals surface area contributed by atoms with Crippen LogP contribution in [0.25, 0.3) is 0 Å². The Balaban J connectivity index is 1.79. The van der Waals surface area contributed by atoms with Crippen molar-refractivity contribution in [2.24, 2.45) is 5.92 Å². The first-order chi connectivity index (χ1) is 15.6. The number of likely N-dealkylation sites (tertiary alicyclic amines) is 1. The summed E-state index contributed by atoms with van der Waals surface area (Å²) in [6, 6.07) is 10.0. The molecule has 2 unspecified atom stereocenters. The Kier molecular flexibility index (Phi) is 8.32. The molecule has 0 aromatic heterocycles. The van der Waals surface area contributed by atoms with Gasteiger partial charge >= 0.3 is 12.4 Å². The molecule has 0 bridgehead atoms. The van der Waals surface area contributed by atoms with Gasteiger partial charge in [-0.2, -0.15) is 26.3 Å². The molecule has 1 aliphatic rings. The molecule has 2 atom stereocenters. The summed E-state index contributed by atoms with van der Waals surface area (Å²) in [5.41, 5.74) is -1.11. The lowest BCUT2D eigenvalue weighted by Crippen LogP contribution is -2.46. The van der Waals surface area contributed by atoms with E-state index in [1.807, 2.05) is 6.92 Å². The zero-order valence-corrected chi connectivity index (χ0v) is 18.6. The lowest BCUT2D eigenvalue weighted by atomic mass is 9.87. The minimum absolute atomic E-state index is 0.0771.